The van der Waals surface area contributed by atoms with Crippen molar-refractivity contribution >= 4 is 5.78 Å². The summed E-state index contributed by atoms with van der Waals surface area (Å²) in [7, 11) is 1.68. The summed E-state index contributed by atoms with van der Waals surface area (Å²) in [5, 5.41) is 2.83. The number of likely N-dealkylation sites (N-methyl/N-ethyl adjacent to an activating group) is 1. The van der Waals surface area contributed by atoms with Crippen LogP contribution in [0.25, 0.3) is 0 Å². The highest BCUT2D eigenvalue weighted by Gasteiger charge is 2.13. The number of Topliss-reactive ketones (excluding diaryl/α,β-unsaturated/α-hetero) is 1. The summed E-state index contributed by atoms with van der Waals surface area (Å²) in [5.41, 5.74) is 0.662. The van der Waals surface area contributed by atoms with E-state index in [1.54, 1.807) is 19.2 Å². The average Bonchev–Trinajstić information content (AvgIpc) is 2.04. The number of carbonyl (C=O) groups is 1. The Hall–Kier alpha value is -1.22. The predicted molar refractivity (Wildman–Crippen MR) is 48.9 cm³/mol. The zero-order valence-electron chi connectivity index (χ0n) is 7.67. The Morgan fingerprint density at radius 2 is 2.23 bits per heavy atom. The SMILES string of the molecule is CNC(C(C)=O)c1cccc(F)c1. The van der Waals surface area contributed by atoms with E-state index in [-0.39, 0.29) is 11.6 Å². The van der Waals surface area contributed by atoms with Crippen LogP contribution in [0.1, 0.15) is 18.5 Å². The van der Waals surface area contributed by atoms with Crippen LogP contribution in [0.2, 0.25) is 0 Å². The fourth-order valence-electron chi connectivity index (χ4n) is 1.29. The molecule has 70 valence electrons. The van der Waals surface area contributed by atoms with E-state index in [0.717, 1.165) is 0 Å². The molecule has 0 aromatic heterocycles. The number of hydrogen-bond donors (Lipinski definition) is 1. The molecule has 0 fully saturated rings. The van der Waals surface area contributed by atoms with Gasteiger partial charge in [-0.1, -0.05) is 12.1 Å². The Bertz CT molecular complexity index is 312. The predicted octanol–water partition coefficient (Wildman–Crippen LogP) is 1.68. The molecule has 1 atom stereocenters. The van der Waals surface area contributed by atoms with E-state index in [4.69, 9.17) is 0 Å². The number of benzene rings is 1. The minimum atomic E-state index is -0.407. The molecule has 2 nitrogen and oxygen atoms in total. The van der Waals surface area contributed by atoms with Crippen LogP contribution < -0.4 is 5.32 Å². The maximum atomic E-state index is 12.8. The number of ketones is 1. The normalized spacial score (nSPS) is 12.5. The second kappa shape index (κ2) is 4.14. The molecule has 0 amide bonds. The van der Waals surface area contributed by atoms with Crippen LogP contribution in [0, 0.1) is 5.82 Å². The lowest BCUT2D eigenvalue weighted by atomic mass is 10.0. The zero-order valence-corrected chi connectivity index (χ0v) is 7.67. The fraction of sp³-hybridized carbons (Fsp3) is 0.300. The lowest BCUT2D eigenvalue weighted by Gasteiger charge is -2.12. The number of rotatable bonds is 3. The largest absolute Gasteiger partial charge is 0.307 e. The van der Waals surface area contributed by atoms with Crippen LogP contribution in [-0.4, -0.2) is 12.8 Å². The molecule has 0 spiro atoms. The average molecular weight is 181 g/mol. The molecule has 1 rings (SSSR count). The summed E-state index contributed by atoms with van der Waals surface area (Å²) in [5.74, 6) is -0.341. The van der Waals surface area contributed by atoms with Gasteiger partial charge in [0.05, 0.1) is 6.04 Å². The van der Waals surface area contributed by atoms with Gasteiger partial charge in [0, 0.05) is 0 Å². The number of halogens is 1. The van der Waals surface area contributed by atoms with Crippen molar-refractivity contribution in [2.24, 2.45) is 0 Å². The van der Waals surface area contributed by atoms with Crippen molar-refractivity contribution in [1.82, 2.24) is 5.32 Å². The zero-order chi connectivity index (χ0) is 9.84. The van der Waals surface area contributed by atoms with Crippen molar-refractivity contribution in [3.8, 4) is 0 Å². The minimum absolute atomic E-state index is 0.0203. The smallest absolute Gasteiger partial charge is 0.151 e. The molecule has 0 heterocycles. The summed E-state index contributed by atoms with van der Waals surface area (Å²) >= 11 is 0. The van der Waals surface area contributed by atoms with E-state index in [9.17, 15) is 9.18 Å². The van der Waals surface area contributed by atoms with E-state index in [0.29, 0.717) is 5.56 Å². The summed E-state index contributed by atoms with van der Waals surface area (Å²) in [6, 6.07) is 5.64. The quantitative estimate of drug-likeness (QED) is 0.768. The monoisotopic (exact) mass is 181 g/mol. The van der Waals surface area contributed by atoms with Crippen molar-refractivity contribution in [3.63, 3.8) is 0 Å². The van der Waals surface area contributed by atoms with Crippen LogP contribution in [0.4, 0.5) is 4.39 Å². The Kier molecular flexibility index (Phi) is 3.14. The molecule has 3 heteroatoms. The van der Waals surface area contributed by atoms with Gasteiger partial charge >= 0.3 is 0 Å². The molecule has 1 aromatic carbocycles. The van der Waals surface area contributed by atoms with Crippen LogP contribution in [-0.2, 0) is 4.79 Å². The van der Waals surface area contributed by atoms with Crippen LogP contribution in [0.3, 0.4) is 0 Å². The van der Waals surface area contributed by atoms with Gasteiger partial charge in [-0.25, -0.2) is 4.39 Å². The van der Waals surface area contributed by atoms with Gasteiger partial charge < -0.3 is 5.32 Å². The van der Waals surface area contributed by atoms with E-state index >= 15 is 0 Å². The van der Waals surface area contributed by atoms with Crippen LogP contribution >= 0.6 is 0 Å². The molecule has 0 aliphatic rings. The molecule has 0 radical (unpaired) electrons. The van der Waals surface area contributed by atoms with Gasteiger partial charge in [0.2, 0.25) is 0 Å². The molecule has 0 aliphatic carbocycles. The highest BCUT2D eigenvalue weighted by atomic mass is 19.1. The van der Waals surface area contributed by atoms with Crippen molar-refractivity contribution < 1.29 is 9.18 Å². The molecule has 1 aromatic rings. The first-order valence-electron chi connectivity index (χ1n) is 4.08. The van der Waals surface area contributed by atoms with Gasteiger partial charge in [0.15, 0.2) is 5.78 Å². The van der Waals surface area contributed by atoms with Crippen molar-refractivity contribution in [3.05, 3.63) is 35.6 Å². The molecular weight excluding hydrogens is 169 g/mol. The highest BCUT2D eigenvalue weighted by molar-refractivity contribution is 5.82. The molecular formula is C10H12FNO. The van der Waals surface area contributed by atoms with E-state index in [1.807, 2.05) is 0 Å². The van der Waals surface area contributed by atoms with Crippen LogP contribution in [0.5, 0.6) is 0 Å². The van der Waals surface area contributed by atoms with Gasteiger partial charge in [0.25, 0.3) is 0 Å². The topological polar surface area (TPSA) is 29.1 Å². The van der Waals surface area contributed by atoms with Gasteiger partial charge in [-0.05, 0) is 31.7 Å². The highest BCUT2D eigenvalue weighted by Crippen LogP contribution is 2.14. The second-order valence-electron chi connectivity index (χ2n) is 2.89. The maximum Gasteiger partial charge on any atom is 0.151 e. The van der Waals surface area contributed by atoms with Crippen molar-refractivity contribution in [1.29, 1.82) is 0 Å². The second-order valence-corrected chi connectivity index (χ2v) is 2.89. The van der Waals surface area contributed by atoms with E-state index in [2.05, 4.69) is 5.32 Å². The molecule has 13 heavy (non-hydrogen) atoms. The molecule has 0 saturated heterocycles. The fourth-order valence-corrected chi connectivity index (χ4v) is 1.29. The first-order chi connectivity index (χ1) is 6.15. The Balaban J connectivity index is 2.98. The van der Waals surface area contributed by atoms with Crippen molar-refractivity contribution in [2.75, 3.05) is 7.05 Å². The molecule has 0 aliphatic heterocycles. The molecule has 0 bridgehead atoms. The third-order valence-corrected chi connectivity index (χ3v) is 1.88. The van der Waals surface area contributed by atoms with E-state index in [1.165, 1.54) is 19.1 Å². The number of hydrogen-bond acceptors (Lipinski definition) is 2. The molecule has 1 unspecified atom stereocenters. The Morgan fingerprint density at radius 1 is 1.54 bits per heavy atom. The van der Waals surface area contributed by atoms with Gasteiger partial charge in [-0.15, -0.1) is 0 Å². The Morgan fingerprint density at radius 3 is 2.69 bits per heavy atom. The minimum Gasteiger partial charge on any atom is -0.307 e. The third kappa shape index (κ3) is 2.36. The lowest BCUT2D eigenvalue weighted by molar-refractivity contribution is -0.119. The summed E-state index contributed by atoms with van der Waals surface area (Å²) in [6.45, 7) is 1.48. The van der Waals surface area contributed by atoms with Gasteiger partial charge in [-0.2, -0.15) is 0 Å². The lowest BCUT2D eigenvalue weighted by Crippen LogP contribution is -2.23. The van der Waals surface area contributed by atoms with E-state index < -0.39 is 6.04 Å². The molecule has 0 saturated carbocycles. The third-order valence-electron chi connectivity index (χ3n) is 1.88. The first kappa shape index (κ1) is 9.86. The molecule has 1 N–H and O–H groups in total. The number of carbonyl (C=O) groups excluding carboxylic acids is 1. The number of nitrogens with one attached hydrogen (secondary N) is 1. The van der Waals surface area contributed by atoms with Crippen molar-refractivity contribution in [2.45, 2.75) is 13.0 Å². The summed E-state index contributed by atoms with van der Waals surface area (Å²) in [6.07, 6.45) is 0. The van der Waals surface area contributed by atoms with Gasteiger partial charge in [0.1, 0.15) is 5.82 Å². The van der Waals surface area contributed by atoms with Crippen LogP contribution in [0.15, 0.2) is 24.3 Å². The Labute approximate surface area is 76.8 Å². The standard InChI is InChI=1S/C10H12FNO/c1-7(13)10(12-2)8-4-3-5-9(11)6-8/h3-6,10,12H,1-2H3. The summed E-state index contributed by atoms with van der Waals surface area (Å²) in [4.78, 5) is 11.1. The first-order valence-corrected chi connectivity index (χ1v) is 4.08. The maximum absolute atomic E-state index is 12.8. The van der Waals surface area contributed by atoms with Gasteiger partial charge in [-0.3, -0.25) is 4.79 Å². The summed E-state index contributed by atoms with van der Waals surface area (Å²) < 4.78 is 12.8.